The quantitative estimate of drug-likeness (QED) is 0.582. The highest BCUT2D eigenvalue weighted by Crippen LogP contribution is 2.27. The number of carbonyl (C=O) groups excluding carboxylic acids is 2. The minimum absolute atomic E-state index is 0.178. The van der Waals surface area contributed by atoms with Crippen molar-refractivity contribution in [1.82, 2.24) is 5.32 Å². The van der Waals surface area contributed by atoms with Crippen LogP contribution in [0.25, 0.3) is 6.08 Å². The van der Waals surface area contributed by atoms with Gasteiger partial charge in [-0.1, -0.05) is 36.4 Å². The summed E-state index contributed by atoms with van der Waals surface area (Å²) in [5.41, 5.74) is 1.66. The Balaban J connectivity index is 1.79. The lowest BCUT2D eigenvalue weighted by atomic mass is 10.2. The van der Waals surface area contributed by atoms with Crippen LogP contribution in [0.3, 0.4) is 0 Å². The van der Waals surface area contributed by atoms with Gasteiger partial charge in [-0.3, -0.25) is 9.59 Å². The van der Waals surface area contributed by atoms with Crippen molar-refractivity contribution in [1.29, 1.82) is 0 Å². The largest absolute Gasteiger partial charge is 0.493 e. The number of amides is 1. The lowest BCUT2D eigenvalue weighted by Crippen LogP contribution is -2.29. The van der Waals surface area contributed by atoms with Gasteiger partial charge in [-0.05, 0) is 29.3 Å². The maximum absolute atomic E-state index is 11.8. The van der Waals surface area contributed by atoms with Crippen molar-refractivity contribution >= 4 is 18.0 Å². The molecule has 0 aliphatic heterocycles. The lowest BCUT2D eigenvalue weighted by Gasteiger charge is -2.07. The number of hydrogen-bond acceptors (Lipinski definition) is 5. The van der Waals surface area contributed by atoms with Gasteiger partial charge in [0.1, 0.15) is 13.2 Å². The number of ether oxygens (including phenoxy) is 3. The van der Waals surface area contributed by atoms with Gasteiger partial charge in [-0.2, -0.15) is 0 Å². The molecule has 2 rings (SSSR count). The maximum atomic E-state index is 11.8. The van der Waals surface area contributed by atoms with Crippen LogP contribution >= 0.6 is 0 Å². The van der Waals surface area contributed by atoms with Crippen LogP contribution in [0, 0.1) is 0 Å². The normalized spacial score (nSPS) is 10.4. The van der Waals surface area contributed by atoms with Gasteiger partial charge < -0.3 is 19.5 Å². The van der Waals surface area contributed by atoms with Gasteiger partial charge in [0.15, 0.2) is 11.5 Å². The second-order valence-corrected chi connectivity index (χ2v) is 5.31. The third-order valence-corrected chi connectivity index (χ3v) is 3.48. The van der Waals surface area contributed by atoms with Crippen LogP contribution in [0.4, 0.5) is 0 Å². The Kier molecular flexibility index (Phi) is 7.24. The first-order valence-electron chi connectivity index (χ1n) is 8.00. The molecule has 2 aromatic rings. The monoisotopic (exact) mass is 355 g/mol. The summed E-state index contributed by atoms with van der Waals surface area (Å²) in [6.45, 7) is -0.0149. The third-order valence-electron chi connectivity index (χ3n) is 3.48. The summed E-state index contributed by atoms with van der Waals surface area (Å²) in [6, 6.07) is 14.6. The Morgan fingerprint density at radius 1 is 1.00 bits per heavy atom. The number of carbonyl (C=O) groups is 2. The van der Waals surface area contributed by atoms with Gasteiger partial charge in [-0.15, -0.1) is 0 Å². The fourth-order valence-electron chi connectivity index (χ4n) is 2.14. The fourth-order valence-corrected chi connectivity index (χ4v) is 2.14. The first kappa shape index (κ1) is 19.1. The molecule has 0 aliphatic rings. The Bertz CT molecular complexity index is 771. The van der Waals surface area contributed by atoms with Crippen molar-refractivity contribution in [3.63, 3.8) is 0 Å². The van der Waals surface area contributed by atoms with Gasteiger partial charge in [0.05, 0.1) is 14.2 Å². The van der Waals surface area contributed by atoms with Crippen LogP contribution in [-0.2, 0) is 20.9 Å². The molecule has 1 amide bonds. The molecule has 0 unspecified atom stereocenters. The number of hydrogen-bond donors (Lipinski definition) is 1. The van der Waals surface area contributed by atoms with E-state index in [4.69, 9.17) is 14.2 Å². The summed E-state index contributed by atoms with van der Waals surface area (Å²) in [4.78, 5) is 23.5. The highest BCUT2D eigenvalue weighted by atomic mass is 16.5. The highest BCUT2D eigenvalue weighted by Gasteiger charge is 2.06. The smallest absolute Gasteiger partial charge is 0.325 e. The minimum Gasteiger partial charge on any atom is -0.493 e. The number of rotatable bonds is 8. The van der Waals surface area contributed by atoms with E-state index in [1.54, 1.807) is 38.5 Å². The Morgan fingerprint density at radius 3 is 2.42 bits per heavy atom. The molecule has 0 heterocycles. The summed E-state index contributed by atoms with van der Waals surface area (Å²) in [6.07, 6.45) is 2.96. The second-order valence-electron chi connectivity index (χ2n) is 5.31. The summed E-state index contributed by atoms with van der Waals surface area (Å²) in [7, 11) is 3.09. The van der Waals surface area contributed by atoms with Gasteiger partial charge in [-0.25, -0.2) is 0 Å². The molecular formula is C20H21NO5. The molecule has 0 spiro atoms. The number of benzene rings is 2. The van der Waals surface area contributed by atoms with E-state index in [2.05, 4.69) is 5.32 Å². The molecule has 1 N–H and O–H groups in total. The average molecular weight is 355 g/mol. The summed E-state index contributed by atoms with van der Waals surface area (Å²) < 4.78 is 15.5. The van der Waals surface area contributed by atoms with Gasteiger partial charge in [0.2, 0.25) is 5.91 Å². The van der Waals surface area contributed by atoms with E-state index >= 15 is 0 Å². The van der Waals surface area contributed by atoms with Gasteiger partial charge in [0.25, 0.3) is 0 Å². The van der Waals surface area contributed by atoms with Crippen molar-refractivity contribution < 1.29 is 23.8 Å². The molecule has 0 radical (unpaired) electrons. The lowest BCUT2D eigenvalue weighted by molar-refractivity contribution is -0.144. The van der Waals surface area contributed by atoms with E-state index in [1.165, 1.54) is 6.08 Å². The molecule has 0 atom stereocenters. The average Bonchev–Trinajstić information content (AvgIpc) is 2.69. The molecule has 0 bridgehead atoms. The molecule has 0 aliphatic carbocycles. The molecule has 2 aromatic carbocycles. The topological polar surface area (TPSA) is 73.9 Å². The summed E-state index contributed by atoms with van der Waals surface area (Å²) >= 11 is 0. The van der Waals surface area contributed by atoms with Crippen LogP contribution < -0.4 is 14.8 Å². The Morgan fingerprint density at radius 2 is 1.73 bits per heavy atom. The molecule has 0 fully saturated rings. The zero-order chi connectivity index (χ0) is 18.8. The maximum Gasteiger partial charge on any atom is 0.325 e. The van der Waals surface area contributed by atoms with Crippen LogP contribution in [0.2, 0.25) is 0 Å². The molecule has 0 aromatic heterocycles. The predicted octanol–water partition coefficient (Wildman–Crippen LogP) is 2.58. The molecule has 6 heteroatoms. The predicted molar refractivity (Wildman–Crippen MR) is 97.8 cm³/mol. The van der Waals surface area contributed by atoms with Crippen LogP contribution in [0.15, 0.2) is 54.6 Å². The van der Waals surface area contributed by atoms with Crippen molar-refractivity contribution in [2.24, 2.45) is 0 Å². The zero-order valence-electron chi connectivity index (χ0n) is 14.7. The number of esters is 1. The molecular weight excluding hydrogens is 334 g/mol. The van der Waals surface area contributed by atoms with E-state index in [-0.39, 0.29) is 13.2 Å². The van der Waals surface area contributed by atoms with Gasteiger partial charge in [0, 0.05) is 6.08 Å². The highest BCUT2D eigenvalue weighted by molar-refractivity contribution is 5.93. The summed E-state index contributed by atoms with van der Waals surface area (Å²) in [5, 5.41) is 2.48. The molecule has 0 saturated carbocycles. The van der Waals surface area contributed by atoms with Crippen LogP contribution in [-0.4, -0.2) is 32.6 Å². The first-order valence-corrected chi connectivity index (χ1v) is 8.00. The van der Waals surface area contributed by atoms with Crippen molar-refractivity contribution in [3.05, 3.63) is 65.7 Å². The van der Waals surface area contributed by atoms with Crippen molar-refractivity contribution in [2.45, 2.75) is 6.61 Å². The van der Waals surface area contributed by atoms with E-state index in [0.717, 1.165) is 11.1 Å². The molecule has 6 nitrogen and oxygen atoms in total. The first-order chi connectivity index (χ1) is 12.6. The SMILES string of the molecule is COc1ccc(/C=C/C(=O)NCC(=O)OCc2ccccc2)cc1OC. The Hall–Kier alpha value is -3.28. The van der Waals surface area contributed by atoms with E-state index in [0.29, 0.717) is 11.5 Å². The van der Waals surface area contributed by atoms with Crippen LogP contribution in [0.5, 0.6) is 11.5 Å². The van der Waals surface area contributed by atoms with Crippen molar-refractivity contribution in [2.75, 3.05) is 20.8 Å². The fraction of sp³-hybridized carbons (Fsp3) is 0.200. The van der Waals surface area contributed by atoms with E-state index < -0.39 is 11.9 Å². The van der Waals surface area contributed by atoms with E-state index in [9.17, 15) is 9.59 Å². The van der Waals surface area contributed by atoms with Crippen LogP contribution in [0.1, 0.15) is 11.1 Å². The standard InChI is InChI=1S/C20H21NO5/c1-24-17-10-8-15(12-18(17)25-2)9-11-19(22)21-13-20(23)26-14-16-6-4-3-5-7-16/h3-12H,13-14H2,1-2H3,(H,21,22)/b11-9+. The Labute approximate surface area is 152 Å². The zero-order valence-corrected chi connectivity index (χ0v) is 14.7. The molecule has 136 valence electrons. The molecule has 26 heavy (non-hydrogen) atoms. The number of nitrogens with one attached hydrogen (secondary N) is 1. The third kappa shape index (κ3) is 5.98. The summed E-state index contributed by atoms with van der Waals surface area (Å²) in [5.74, 6) is 0.285. The van der Waals surface area contributed by atoms with Crippen molar-refractivity contribution in [3.8, 4) is 11.5 Å². The molecule has 0 saturated heterocycles. The van der Waals surface area contributed by atoms with E-state index in [1.807, 2.05) is 30.3 Å². The number of methoxy groups -OCH3 is 2. The second kappa shape index (κ2) is 9.88. The minimum atomic E-state index is -0.498. The van der Waals surface area contributed by atoms with Gasteiger partial charge >= 0.3 is 5.97 Å².